The van der Waals surface area contributed by atoms with E-state index < -0.39 is 0 Å². The number of aryl methyl sites for hydroxylation is 1. The minimum Gasteiger partial charge on any atom is -0.349 e. The zero-order valence-electron chi connectivity index (χ0n) is 14.0. The quantitative estimate of drug-likeness (QED) is 0.830. The summed E-state index contributed by atoms with van der Waals surface area (Å²) in [5.41, 5.74) is 2.41. The lowest BCUT2D eigenvalue weighted by Gasteiger charge is -2.20. The summed E-state index contributed by atoms with van der Waals surface area (Å²) >= 11 is 1.38. The number of nitrogens with one attached hydrogen (secondary N) is 1. The summed E-state index contributed by atoms with van der Waals surface area (Å²) in [4.78, 5) is 18.7. The average Bonchev–Trinajstić information content (AvgIpc) is 3.28. The summed E-state index contributed by atoms with van der Waals surface area (Å²) in [7, 11) is 0. The molecule has 1 fully saturated rings. The van der Waals surface area contributed by atoms with Crippen molar-refractivity contribution in [2.45, 2.75) is 26.2 Å². The SMILES string of the molecule is CCc1ccc(/C=C2\C(=N)N3N=C(N4CCCC4)SC3=NC2=O)cc1. The lowest BCUT2D eigenvalue weighted by molar-refractivity contribution is -0.114. The Morgan fingerprint density at radius 1 is 1.20 bits per heavy atom. The summed E-state index contributed by atoms with van der Waals surface area (Å²) in [5, 5.41) is 15.7. The van der Waals surface area contributed by atoms with Gasteiger partial charge in [-0.15, -0.1) is 5.10 Å². The molecule has 1 N–H and O–H groups in total. The molecular formula is C18H19N5OS. The minimum atomic E-state index is -0.374. The monoisotopic (exact) mass is 353 g/mol. The van der Waals surface area contributed by atoms with Crippen molar-refractivity contribution in [2.75, 3.05) is 13.1 Å². The molecule has 0 radical (unpaired) electrons. The molecule has 0 aromatic heterocycles. The van der Waals surface area contributed by atoms with Crippen LogP contribution in [0.15, 0.2) is 39.9 Å². The number of fused-ring (bicyclic) bond motifs is 1. The van der Waals surface area contributed by atoms with Gasteiger partial charge in [0.25, 0.3) is 5.91 Å². The van der Waals surface area contributed by atoms with Crippen molar-refractivity contribution >= 4 is 39.9 Å². The average molecular weight is 353 g/mol. The number of hydrazone groups is 1. The first kappa shape index (κ1) is 16.1. The van der Waals surface area contributed by atoms with E-state index in [9.17, 15) is 4.79 Å². The zero-order chi connectivity index (χ0) is 17.4. The van der Waals surface area contributed by atoms with E-state index in [4.69, 9.17) is 5.41 Å². The van der Waals surface area contributed by atoms with E-state index in [0.717, 1.165) is 43.1 Å². The molecule has 1 aromatic carbocycles. The normalized spacial score (nSPS) is 21.7. The van der Waals surface area contributed by atoms with Crippen LogP contribution >= 0.6 is 11.8 Å². The predicted octanol–water partition coefficient (Wildman–Crippen LogP) is 2.92. The van der Waals surface area contributed by atoms with Crippen molar-refractivity contribution < 1.29 is 4.79 Å². The number of nitrogens with zero attached hydrogens (tertiary/aromatic N) is 4. The largest absolute Gasteiger partial charge is 0.349 e. The number of amides is 1. The Balaban J connectivity index is 1.62. The van der Waals surface area contributed by atoms with Gasteiger partial charge in [-0.3, -0.25) is 10.2 Å². The van der Waals surface area contributed by atoms with Crippen LogP contribution in [0, 0.1) is 5.41 Å². The molecular weight excluding hydrogens is 334 g/mol. The second kappa shape index (κ2) is 6.48. The molecule has 4 rings (SSSR count). The third-order valence-corrected chi connectivity index (χ3v) is 5.49. The van der Waals surface area contributed by atoms with Gasteiger partial charge in [-0.05, 0) is 48.2 Å². The molecule has 0 atom stereocenters. The highest BCUT2D eigenvalue weighted by Crippen LogP contribution is 2.30. The lowest BCUT2D eigenvalue weighted by Crippen LogP contribution is -2.35. The van der Waals surface area contributed by atoms with Crippen molar-refractivity contribution in [1.29, 1.82) is 5.41 Å². The third-order valence-electron chi connectivity index (χ3n) is 4.52. The molecule has 3 aliphatic heterocycles. The van der Waals surface area contributed by atoms with Crippen molar-refractivity contribution in [3.63, 3.8) is 0 Å². The molecule has 0 aliphatic carbocycles. The fraction of sp³-hybridized carbons (Fsp3) is 0.333. The molecule has 128 valence electrons. The molecule has 0 spiro atoms. The van der Waals surface area contributed by atoms with Gasteiger partial charge in [0.05, 0.1) is 5.57 Å². The molecule has 1 saturated heterocycles. The first-order valence-electron chi connectivity index (χ1n) is 8.50. The van der Waals surface area contributed by atoms with E-state index in [-0.39, 0.29) is 17.3 Å². The molecule has 0 unspecified atom stereocenters. The van der Waals surface area contributed by atoms with Crippen molar-refractivity contribution in [3.8, 4) is 0 Å². The fourth-order valence-electron chi connectivity index (χ4n) is 3.03. The van der Waals surface area contributed by atoms with Crippen LogP contribution < -0.4 is 0 Å². The summed E-state index contributed by atoms with van der Waals surface area (Å²) in [6.45, 7) is 4.05. The maximum atomic E-state index is 12.4. The molecule has 7 heteroatoms. The smallest absolute Gasteiger partial charge is 0.283 e. The van der Waals surface area contributed by atoms with Gasteiger partial charge in [-0.25, -0.2) is 0 Å². The van der Waals surface area contributed by atoms with Gasteiger partial charge in [0.15, 0.2) is 11.0 Å². The number of hydrogen-bond acceptors (Lipinski definition) is 5. The Bertz CT molecular complexity index is 818. The van der Waals surface area contributed by atoms with Crippen LogP contribution in [-0.2, 0) is 11.2 Å². The molecule has 6 nitrogen and oxygen atoms in total. The summed E-state index contributed by atoms with van der Waals surface area (Å²) in [6, 6.07) is 7.99. The topological polar surface area (TPSA) is 72.1 Å². The highest BCUT2D eigenvalue weighted by atomic mass is 32.2. The number of rotatable bonds is 2. The van der Waals surface area contributed by atoms with Crippen LogP contribution in [0.1, 0.15) is 30.9 Å². The van der Waals surface area contributed by atoms with E-state index in [1.165, 1.54) is 22.3 Å². The Kier molecular flexibility index (Phi) is 4.17. The van der Waals surface area contributed by atoms with Crippen molar-refractivity contribution in [3.05, 3.63) is 41.0 Å². The Labute approximate surface area is 150 Å². The standard InChI is InChI=1S/C18H19N5OS/c1-2-12-5-7-13(8-6-12)11-14-15(19)23-17(20-16(14)24)25-18(21-23)22-9-3-4-10-22/h5-8,11,19H,2-4,9-10H2,1H3/b14-11+,19-15?. The van der Waals surface area contributed by atoms with Crippen LogP contribution in [-0.4, -0.2) is 45.1 Å². The van der Waals surface area contributed by atoms with Crippen molar-refractivity contribution in [2.24, 2.45) is 10.1 Å². The molecule has 0 saturated carbocycles. The van der Waals surface area contributed by atoms with Gasteiger partial charge in [0.1, 0.15) is 0 Å². The van der Waals surface area contributed by atoms with Crippen molar-refractivity contribution in [1.82, 2.24) is 9.91 Å². The highest BCUT2D eigenvalue weighted by Gasteiger charge is 2.37. The van der Waals surface area contributed by atoms with E-state index in [1.807, 2.05) is 24.3 Å². The Morgan fingerprint density at radius 3 is 2.60 bits per heavy atom. The van der Waals surface area contributed by atoms with E-state index in [0.29, 0.717) is 5.17 Å². The summed E-state index contributed by atoms with van der Waals surface area (Å²) in [6.07, 6.45) is 5.00. The van der Waals surface area contributed by atoms with Gasteiger partial charge < -0.3 is 4.90 Å². The predicted molar refractivity (Wildman–Crippen MR) is 102 cm³/mol. The second-order valence-corrected chi connectivity index (χ2v) is 7.13. The molecule has 1 aromatic rings. The Morgan fingerprint density at radius 2 is 1.92 bits per heavy atom. The molecule has 25 heavy (non-hydrogen) atoms. The number of thioether (sulfide) groups is 1. The van der Waals surface area contributed by atoms with Gasteiger partial charge >= 0.3 is 0 Å². The maximum absolute atomic E-state index is 12.4. The molecule has 3 heterocycles. The van der Waals surface area contributed by atoms with E-state index >= 15 is 0 Å². The minimum absolute atomic E-state index is 0.0938. The van der Waals surface area contributed by atoms with Gasteiger partial charge in [-0.1, -0.05) is 31.2 Å². The molecule has 1 amide bonds. The molecule has 3 aliphatic rings. The van der Waals surface area contributed by atoms with Crippen LogP contribution in [0.4, 0.5) is 0 Å². The number of amidine groups is 3. The first-order chi connectivity index (χ1) is 12.2. The summed E-state index contributed by atoms with van der Waals surface area (Å²) < 4.78 is 0. The molecule has 0 bridgehead atoms. The fourth-order valence-corrected chi connectivity index (χ4v) is 3.98. The van der Waals surface area contributed by atoms with E-state index in [1.54, 1.807) is 6.08 Å². The van der Waals surface area contributed by atoms with E-state index in [2.05, 4.69) is 21.9 Å². The van der Waals surface area contributed by atoms with Crippen LogP contribution in [0.2, 0.25) is 0 Å². The third kappa shape index (κ3) is 3.00. The van der Waals surface area contributed by atoms with Gasteiger partial charge in [0, 0.05) is 13.1 Å². The first-order valence-corrected chi connectivity index (χ1v) is 9.31. The van der Waals surface area contributed by atoms with Crippen LogP contribution in [0.3, 0.4) is 0 Å². The lowest BCUT2D eigenvalue weighted by atomic mass is 10.1. The summed E-state index contributed by atoms with van der Waals surface area (Å²) in [5.74, 6) is -0.280. The number of benzene rings is 1. The number of hydrogen-bond donors (Lipinski definition) is 1. The number of likely N-dealkylation sites (tertiary alicyclic amines) is 1. The zero-order valence-corrected chi connectivity index (χ0v) is 14.8. The van der Waals surface area contributed by atoms with Gasteiger partial charge in [-0.2, -0.15) is 10.0 Å². The number of carbonyl (C=O) groups excluding carboxylic acids is 1. The number of aliphatic imine (C=N–C) groups is 1. The number of carbonyl (C=O) groups is 1. The van der Waals surface area contributed by atoms with Crippen LogP contribution in [0.25, 0.3) is 6.08 Å². The van der Waals surface area contributed by atoms with Crippen LogP contribution in [0.5, 0.6) is 0 Å². The van der Waals surface area contributed by atoms with Gasteiger partial charge in [0.2, 0.25) is 5.17 Å². The second-order valence-electron chi connectivity index (χ2n) is 6.19. The highest BCUT2D eigenvalue weighted by molar-refractivity contribution is 8.26. The maximum Gasteiger partial charge on any atom is 0.283 e. The Hall–Kier alpha value is -2.41.